The van der Waals surface area contributed by atoms with Gasteiger partial charge in [-0.25, -0.2) is 4.98 Å². The maximum Gasteiger partial charge on any atom is 0.164 e. The van der Waals surface area contributed by atoms with Crippen LogP contribution in [0.5, 0.6) is 0 Å². The fourth-order valence-corrected chi connectivity index (χ4v) is 1.95. The maximum atomic E-state index is 8.85. The Morgan fingerprint density at radius 2 is 1.76 bits per heavy atom. The van der Waals surface area contributed by atoms with Crippen LogP contribution < -0.4 is 5.73 Å². The van der Waals surface area contributed by atoms with E-state index in [-0.39, 0.29) is 5.69 Å². The van der Waals surface area contributed by atoms with Gasteiger partial charge in [0.25, 0.3) is 0 Å². The summed E-state index contributed by atoms with van der Waals surface area (Å²) in [6, 6.07) is 10.4. The molecule has 0 unspecified atom stereocenters. The lowest BCUT2D eigenvalue weighted by Gasteiger charge is -2.04. The van der Waals surface area contributed by atoms with Gasteiger partial charge in [-0.05, 0) is 30.3 Å². The van der Waals surface area contributed by atoms with Crippen LogP contribution in [0.1, 0.15) is 5.69 Å². The van der Waals surface area contributed by atoms with Gasteiger partial charge in [0.1, 0.15) is 6.07 Å². The highest BCUT2D eigenvalue weighted by molar-refractivity contribution is 6.35. The van der Waals surface area contributed by atoms with Crippen molar-refractivity contribution in [2.45, 2.75) is 0 Å². The minimum Gasteiger partial charge on any atom is -0.396 e. The molecule has 0 aliphatic rings. The molecule has 1 aromatic heterocycles. The van der Waals surface area contributed by atoms with Crippen LogP contribution in [-0.2, 0) is 0 Å². The van der Waals surface area contributed by atoms with Crippen LogP contribution in [0.15, 0.2) is 30.3 Å². The molecule has 5 heteroatoms. The summed E-state index contributed by atoms with van der Waals surface area (Å²) in [5.74, 6) is 0. The first-order valence-electron chi connectivity index (χ1n) is 4.73. The molecular weight excluding hydrogens is 257 g/mol. The number of rotatable bonds is 1. The normalized spacial score (nSPS) is 9.94. The Kier molecular flexibility index (Phi) is 3.19. The summed E-state index contributed by atoms with van der Waals surface area (Å²) in [5, 5.41) is 9.89. The number of aromatic nitrogens is 1. The van der Waals surface area contributed by atoms with Crippen LogP contribution in [0, 0.1) is 11.3 Å². The van der Waals surface area contributed by atoms with E-state index in [1.807, 2.05) is 6.07 Å². The monoisotopic (exact) mass is 263 g/mol. The second-order valence-electron chi connectivity index (χ2n) is 3.40. The third kappa shape index (κ3) is 2.50. The maximum absolute atomic E-state index is 8.85. The lowest BCUT2D eigenvalue weighted by molar-refractivity contribution is 1.27. The highest BCUT2D eigenvalue weighted by atomic mass is 35.5. The predicted octanol–water partition coefficient (Wildman–Crippen LogP) is 3.51. The molecule has 1 aromatic carbocycles. The largest absolute Gasteiger partial charge is 0.396 e. The first kappa shape index (κ1) is 11.7. The summed E-state index contributed by atoms with van der Waals surface area (Å²) in [7, 11) is 0. The van der Waals surface area contributed by atoms with E-state index in [1.54, 1.807) is 30.3 Å². The molecule has 0 spiro atoms. The first-order chi connectivity index (χ1) is 8.10. The van der Waals surface area contributed by atoms with Crippen molar-refractivity contribution in [3.63, 3.8) is 0 Å². The summed E-state index contributed by atoms with van der Waals surface area (Å²) < 4.78 is 0. The van der Waals surface area contributed by atoms with E-state index < -0.39 is 0 Å². The summed E-state index contributed by atoms with van der Waals surface area (Å²) in [6.45, 7) is 0. The Morgan fingerprint density at radius 1 is 1.12 bits per heavy atom. The predicted molar refractivity (Wildman–Crippen MR) is 68.8 cm³/mol. The second-order valence-corrected chi connectivity index (χ2v) is 4.28. The molecule has 0 aliphatic carbocycles. The third-order valence-corrected chi connectivity index (χ3v) is 2.63. The Balaban J connectivity index is 2.57. The highest BCUT2D eigenvalue weighted by Crippen LogP contribution is 2.26. The van der Waals surface area contributed by atoms with Gasteiger partial charge in [-0.1, -0.05) is 23.2 Å². The van der Waals surface area contributed by atoms with Crippen LogP contribution in [0.2, 0.25) is 10.0 Å². The zero-order chi connectivity index (χ0) is 12.4. The van der Waals surface area contributed by atoms with E-state index in [0.29, 0.717) is 21.4 Å². The van der Waals surface area contributed by atoms with Crippen molar-refractivity contribution in [2.24, 2.45) is 0 Å². The molecule has 2 N–H and O–H groups in total. The van der Waals surface area contributed by atoms with Crippen molar-refractivity contribution in [2.75, 3.05) is 5.73 Å². The SMILES string of the molecule is N#Cc1nc(-c2cc(Cl)cc(Cl)c2)ccc1N. The van der Waals surface area contributed by atoms with Crippen LogP contribution in [0.3, 0.4) is 0 Å². The number of hydrogen-bond donors (Lipinski definition) is 1. The third-order valence-electron chi connectivity index (χ3n) is 2.19. The average Bonchev–Trinajstić information content (AvgIpc) is 2.28. The van der Waals surface area contributed by atoms with Crippen molar-refractivity contribution in [1.82, 2.24) is 4.98 Å². The number of anilines is 1. The fraction of sp³-hybridized carbons (Fsp3) is 0. The van der Waals surface area contributed by atoms with Gasteiger partial charge in [-0.3, -0.25) is 0 Å². The van der Waals surface area contributed by atoms with E-state index >= 15 is 0 Å². The van der Waals surface area contributed by atoms with Gasteiger partial charge in [0.15, 0.2) is 5.69 Å². The number of nitrogen functional groups attached to an aromatic ring is 1. The van der Waals surface area contributed by atoms with Crippen LogP contribution in [0.25, 0.3) is 11.3 Å². The van der Waals surface area contributed by atoms with Gasteiger partial charge in [-0.2, -0.15) is 5.26 Å². The quantitative estimate of drug-likeness (QED) is 0.857. The summed E-state index contributed by atoms with van der Waals surface area (Å²) in [4.78, 5) is 4.14. The molecule has 1 heterocycles. The number of nitrogens with two attached hydrogens (primary N) is 1. The summed E-state index contributed by atoms with van der Waals surface area (Å²) in [6.07, 6.45) is 0. The first-order valence-corrected chi connectivity index (χ1v) is 5.49. The average molecular weight is 264 g/mol. The standard InChI is InChI=1S/C12H7Cl2N3/c13-8-3-7(4-9(14)5-8)11-2-1-10(16)12(6-15)17-11/h1-5H,16H2. The van der Waals surface area contributed by atoms with E-state index in [4.69, 9.17) is 34.2 Å². The molecule has 2 rings (SSSR count). The lowest BCUT2D eigenvalue weighted by atomic mass is 10.1. The van der Waals surface area contributed by atoms with Crippen molar-refractivity contribution < 1.29 is 0 Å². The fourth-order valence-electron chi connectivity index (χ4n) is 1.42. The van der Waals surface area contributed by atoms with E-state index in [9.17, 15) is 0 Å². The van der Waals surface area contributed by atoms with E-state index in [0.717, 1.165) is 5.56 Å². The molecule has 0 saturated carbocycles. The Bertz CT molecular complexity index is 597. The Morgan fingerprint density at radius 3 is 2.35 bits per heavy atom. The van der Waals surface area contributed by atoms with Gasteiger partial charge in [0.05, 0.1) is 11.4 Å². The van der Waals surface area contributed by atoms with Gasteiger partial charge < -0.3 is 5.73 Å². The van der Waals surface area contributed by atoms with Gasteiger partial charge in [-0.15, -0.1) is 0 Å². The molecule has 0 atom stereocenters. The van der Waals surface area contributed by atoms with Crippen LogP contribution in [0.4, 0.5) is 5.69 Å². The number of pyridine rings is 1. The minimum atomic E-state index is 0.193. The number of nitrogens with zero attached hydrogens (tertiary/aromatic N) is 2. The Hall–Kier alpha value is -1.76. The molecular formula is C12H7Cl2N3. The van der Waals surface area contributed by atoms with Gasteiger partial charge >= 0.3 is 0 Å². The van der Waals surface area contributed by atoms with Crippen LogP contribution >= 0.6 is 23.2 Å². The highest BCUT2D eigenvalue weighted by Gasteiger charge is 2.06. The second kappa shape index (κ2) is 4.62. The summed E-state index contributed by atoms with van der Waals surface area (Å²) in [5.41, 5.74) is 7.51. The van der Waals surface area contributed by atoms with E-state index in [2.05, 4.69) is 4.98 Å². The van der Waals surface area contributed by atoms with Crippen molar-refractivity contribution in [3.8, 4) is 17.3 Å². The molecule has 0 radical (unpaired) electrons. The number of hydrogen-bond acceptors (Lipinski definition) is 3. The van der Waals surface area contributed by atoms with Crippen LogP contribution in [-0.4, -0.2) is 4.98 Å². The Labute approximate surface area is 108 Å². The van der Waals surface area contributed by atoms with Crippen molar-refractivity contribution in [3.05, 3.63) is 46.1 Å². The molecule has 0 saturated heterocycles. The molecule has 84 valence electrons. The number of halogens is 2. The molecule has 0 bridgehead atoms. The number of benzene rings is 1. The molecule has 0 fully saturated rings. The van der Waals surface area contributed by atoms with Crippen molar-refractivity contribution >= 4 is 28.9 Å². The zero-order valence-electron chi connectivity index (χ0n) is 8.61. The molecule has 3 nitrogen and oxygen atoms in total. The summed E-state index contributed by atoms with van der Waals surface area (Å²) >= 11 is 11.8. The van der Waals surface area contributed by atoms with E-state index in [1.165, 1.54) is 0 Å². The lowest BCUT2D eigenvalue weighted by Crippen LogP contribution is -1.95. The molecule has 17 heavy (non-hydrogen) atoms. The zero-order valence-corrected chi connectivity index (χ0v) is 10.1. The molecule has 2 aromatic rings. The van der Waals surface area contributed by atoms with Crippen molar-refractivity contribution in [1.29, 1.82) is 5.26 Å². The molecule has 0 aliphatic heterocycles. The smallest absolute Gasteiger partial charge is 0.164 e. The van der Waals surface area contributed by atoms with Gasteiger partial charge in [0, 0.05) is 15.6 Å². The minimum absolute atomic E-state index is 0.193. The molecule has 0 amide bonds. The van der Waals surface area contributed by atoms with Gasteiger partial charge in [0.2, 0.25) is 0 Å². The number of nitriles is 1. The topological polar surface area (TPSA) is 62.7 Å².